The SMILES string of the molecule is COP(=O)(OCCF)SP(=O)(O)Oc1ccc([N+](=O)[O-])cc1. The third-order valence-corrected chi connectivity index (χ3v) is 9.68. The molecule has 0 radical (unpaired) electrons. The van der Waals surface area contributed by atoms with Crippen molar-refractivity contribution in [3.63, 3.8) is 0 Å². The summed E-state index contributed by atoms with van der Waals surface area (Å²) in [6.07, 6.45) is 0. The molecule has 0 heterocycles. The van der Waals surface area contributed by atoms with E-state index < -0.39 is 31.8 Å². The summed E-state index contributed by atoms with van der Waals surface area (Å²) < 4.78 is 49.6. The van der Waals surface area contributed by atoms with Crippen LogP contribution in [0.15, 0.2) is 24.3 Å². The van der Waals surface area contributed by atoms with Crippen LogP contribution in [0.2, 0.25) is 0 Å². The van der Waals surface area contributed by atoms with Gasteiger partial charge in [-0.05, 0) is 12.1 Å². The molecule has 2 unspecified atom stereocenters. The first-order valence-corrected chi connectivity index (χ1v) is 10.7. The quantitative estimate of drug-likeness (QED) is 0.392. The Balaban J connectivity index is 2.79. The highest BCUT2D eigenvalue weighted by Crippen LogP contribution is 2.76. The zero-order valence-corrected chi connectivity index (χ0v) is 13.8. The van der Waals surface area contributed by atoms with E-state index in [1.54, 1.807) is 0 Å². The van der Waals surface area contributed by atoms with Crippen molar-refractivity contribution in [2.24, 2.45) is 0 Å². The number of benzene rings is 1. The zero-order valence-electron chi connectivity index (χ0n) is 11.2. The number of rotatable bonds is 9. The summed E-state index contributed by atoms with van der Waals surface area (Å²) in [6.45, 7) is -10.1. The van der Waals surface area contributed by atoms with Gasteiger partial charge < -0.3 is 13.9 Å². The third kappa shape index (κ3) is 6.04. The van der Waals surface area contributed by atoms with Crippen molar-refractivity contribution in [3.8, 4) is 5.75 Å². The number of hydrogen-bond acceptors (Lipinski definition) is 8. The second-order valence-electron chi connectivity index (χ2n) is 3.54. The minimum atomic E-state index is -4.52. The molecule has 0 fully saturated rings. The van der Waals surface area contributed by atoms with E-state index in [1.165, 1.54) is 0 Å². The van der Waals surface area contributed by atoms with Crippen LogP contribution in [-0.4, -0.2) is 30.2 Å². The first-order valence-electron chi connectivity index (χ1n) is 5.56. The standard InChI is InChI=1S/C9H12FNO8P2S/c1-17-21(16,18-7-6-10)22-20(14,15)19-9-4-2-8(3-5-9)11(12)13/h2-5H,6-7H2,1H3,(H,14,15). The highest BCUT2D eigenvalue weighted by atomic mass is 33.1. The van der Waals surface area contributed by atoms with Gasteiger partial charge in [-0.15, -0.1) is 0 Å². The van der Waals surface area contributed by atoms with E-state index in [-0.39, 0.29) is 22.4 Å². The molecule has 0 aliphatic carbocycles. The van der Waals surface area contributed by atoms with E-state index in [4.69, 9.17) is 4.52 Å². The van der Waals surface area contributed by atoms with Gasteiger partial charge >= 0.3 is 13.6 Å². The van der Waals surface area contributed by atoms with Crippen molar-refractivity contribution in [2.45, 2.75) is 0 Å². The van der Waals surface area contributed by atoms with Gasteiger partial charge in [-0.1, -0.05) is 0 Å². The Bertz CT molecular complexity index is 612. The molecule has 9 nitrogen and oxygen atoms in total. The Kier molecular flexibility index (Phi) is 6.98. The summed E-state index contributed by atoms with van der Waals surface area (Å²) in [6, 6.07) is 4.33. The van der Waals surface area contributed by atoms with Crippen LogP contribution in [0.3, 0.4) is 0 Å². The highest BCUT2D eigenvalue weighted by Gasteiger charge is 2.38. The lowest BCUT2D eigenvalue weighted by atomic mass is 10.3. The van der Waals surface area contributed by atoms with E-state index in [0.717, 1.165) is 31.4 Å². The van der Waals surface area contributed by atoms with Crippen LogP contribution in [0.5, 0.6) is 5.75 Å². The largest absolute Gasteiger partial charge is 0.448 e. The molecule has 13 heteroatoms. The van der Waals surface area contributed by atoms with Crippen LogP contribution in [0, 0.1) is 10.1 Å². The predicted octanol–water partition coefficient (Wildman–Crippen LogP) is 3.55. The molecule has 2 atom stereocenters. The number of nitro benzene ring substituents is 1. The van der Waals surface area contributed by atoms with Crippen LogP contribution in [0.4, 0.5) is 10.1 Å². The van der Waals surface area contributed by atoms with Gasteiger partial charge in [-0.2, -0.15) is 0 Å². The van der Waals surface area contributed by atoms with Gasteiger partial charge in [0.1, 0.15) is 12.4 Å². The molecule has 1 rings (SSSR count). The fourth-order valence-corrected chi connectivity index (χ4v) is 7.63. The fraction of sp³-hybridized carbons (Fsp3) is 0.333. The second kappa shape index (κ2) is 8.05. The molecular weight excluding hydrogens is 363 g/mol. The van der Waals surface area contributed by atoms with Crippen molar-refractivity contribution < 1.29 is 36.9 Å². The van der Waals surface area contributed by atoms with Crippen molar-refractivity contribution >= 4 is 30.3 Å². The Morgan fingerprint density at radius 3 is 2.41 bits per heavy atom. The first-order chi connectivity index (χ1) is 10.2. The molecule has 0 aromatic heterocycles. The van der Waals surface area contributed by atoms with Crippen LogP contribution >= 0.6 is 24.6 Å². The second-order valence-corrected chi connectivity index (χ2v) is 11.0. The maximum absolute atomic E-state index is 12.0. The summed E-state index contributed by atoms with van der Waals surface area (Å²) in [5.41, 5.74) is -0.235. The highest BCUT2D eigenvalue weighted by molar-refractivity contribution is 8.84. The van der Waals surface area contributed by atoms with E-state index in [9.17, 15) is 28.5 Å². The fourth-order valence-electron chi connectivity index (χ4n) is 1.16. The Labute approximate surface area is 128 Å². The van der Waals surface area contributed by atoms with Gasteiger partial charge in [-0.25, -0.2) is 13.5 Å². The van der Waals surface area contributed by atoms with Crippen molar-refractivity contribution in [1.82, 2.24) is 0 Å². The summed E-state index contributed by atoms with van der Waals surface area (Å²) in [5.74, 6) is -0.155. The maximum Gasteiger partial charge on any atom is 0.448 e. The predicted molar refractivity (Wildman–Crippen MR) is 77.7 cm³/mol. The average molecular weight is 375 g/mol. The van der Waals surface area contributed by atoms with Crippen LogP contribution < -0.4 is 4.52 Å². The number of nitrogens with zero attached hydrogens (tertiary/aromatic N) is 1. The topological polar surface area (TPSA) is 125 Å². The van der Waals surface area contributed by atoms with Gasteiger partial charge in [0.05, 0.1) is 22.5 Å². The van der Waals surface area contributed by atoms with Gasteiger partial charge in [0, 0.05) is 19.2 Å². The molecule has 0 saturated heterocycles. The van der Waals surface area contributed by atoms with Crippen LogP contribution in [-0.2, 0) is 18.2 Å². The van der Waals surface area contributed by atoms with E-state index in [2.05, 4.69) is 9.05 Å². The van der Waals surface area contributed by atoms with Gasteiger partial charge in [0.25, 0.3) is 5.69 Å². The van der Waals surface area contributed by atoms with Crippen molar-refractivity contribution in [2.75, 3.05) is 20.4 Å². The molecule has 0 bridgehead atoms. The van der Waals surface area contributed by atoms with Gasteiger partial charge in [0.2, 0.25) is 0 Å². The van der Waals surface area contributed by atoms with Crippen LogP contribution in [0.25, 0.3) is 0 Å². The van der Waals surface area contributed by atoms with Crippen molar-refractivity contribution in [1.29, 1.82) is 0 Å². The molecule has 0 aliphatic rings. The Morgan fingerprint density at radius 1 is 1.36 bits per heavy atom. The lowest BCUT2D eigenvalue weighted by Gasteiger charge is -2.17. The number of hydrogen-bond donors (Lipinski definition) is 1. The molecule has 0 saturated carbocycles. The molecule has 124 valence electrons. The molecular formula is C9H12FNO8P2S. The number of alkyl halides is 1. The van der Waals surface area contributed by atoms with E-state index >= 15 is 0 Å². The minimum absolute atomic E-state index is 0.106. The minimum Gasteiger partial charge on any atom is -0.417 e. The Hall–Kier alpha value is -0.960. The smallest absolute Gasteiger partial charge is 0.417 e. The van der Waals surface area contributed by atoms with Gasteiger partial charge in [-0.3, -0.25) is 14.6 Å². The molecule has 0 amide bonds. The normalized spacial score (nSPS) is 16.5. The summed E-state index contributed by atoms with van der Waals surface area (Å²) in [5, 5.41) is 10.5. The molecule has 22 heavy (non-hydrogen) atoms. The lowest BCUT2D eigenvalue weighted by molar-refractivity contribution is -0.384. The first kappa shape index (κ1) is 19.1. The number of nitro groups is 1. The summed E-state index contributed by atoms with van der Waals surface area (Å²) in [7, 11) is 0.970. The summed E-state index contributed by atoms with van der Waals surface area (Å²) >= 11 is -0.106. The lowest BCUT2D eigenvalue weighted by Crippen LogP contribution is -1.96. The summed E-state index contributed by atoms with van der Waals surface area (Å²) in [4.78, 5) is 19.5. The van der Waals surface area contributed by atoms with Crippen LogP contribution in [0.1, 0.15) is 0 Å². The molecule has 0 spiro atoms. The average Bonchev–Trinajstić information content (AvgIpc) is 2.44. The number of halogens is 1. The Morgan fingerprint density at radius 2 is 1.95 bits per heavy atom. The van der Waals surface area contributed by atoms with Gasteiger partial charge in [0.15, 0.2) is 0 Å². The molecule has 1 aromatic rings. The number of non-ortho nitro benzene ring substituents is 1. The zero-order chi connectivity index (χ0) is 16.8. The van der Waals surface area contributed by atoms with E-state index in [1.807, 2.05) is 0 Å². The molecule has 0 aliphatic heterocycles. The maximum atomic E-state index is 12.0. The van der Waals surface area contributed by atoms with Crippen molar-refractivity contribution in [3.05, 3.63) is 34.4 Å². The molecule has 1 aromatic carbocycles. The third-order valence-electron chi connectivity index (χ3n) is 2.02. The monoisotopic (exact) mass is 375 g/mol. The molecule has 1 N–H and O–H groups in total. The van der Waals surface area contributed by atoms with E-state index in [0.29, 0.717) is 0 Å².